The Morgan fingerprint density at radius 2 is 1.88 bits per heavy atom. The lowest BCUT2D eigenvalue weighted by atomic mass is 10.1. The molecule has 8 nitrogen and oxygen atoms in total. The number of carbonyl (C=O) groups excluding carboxylic acids is 1. The van der Waals surface area contributed by atoms with Gasteiger partial charge in [-0.15, -0.1) is 0 Å². The predicted molar refractivity (Wildman–Crippen MR) is 119 cm³/mol. The number of nitrogens with zero attached hydrogens (tertiary/aromatic N) is 4. The zero-order chi connectivity index (χ0) is 22.7. The van der Waals surface area contributed by atoms with Gasteiger partial charge in [0.15, 0.2) is 0 Å². The van der Waals surface area contributed by atoms with E-state index in [1.54, 1.807) is 18.5 Å². The van der Waals surface area contributed by atoms with Crippen LogP contribution in [-0.4, -0.2) is 52.7 Å². The number of amides is 1. The van der Waals surface area contributed by atoms with Crippen LogP contribution in [0.5, 0.6) is 11.5 Å². The number of imidazole rings is 1. The van der Waals surface area contributed by atoms with E-state index in [9.17, 15) is 9.18 Å². The molecule has 4 aromatic rings. The third-order valence-electron chi connectivity index (χ3n) is 5.21. The number of aromatic nitrogens is 4. The van der Waals surface area contributed by atoms with Gasteiger partial charge >= 0.3 is 0 Å². The Morgan fingerprint density at radius 3 is 2.50 bits per heavy atom. The Labute approximate surface area is 184 Å². The maximum atomic E-state index is 12.5. The van der Waals surface area contributed by atoms with Crippen LogP contribution in [0.4, 0.5) is 4.39 Å². The predicted octanol–water partition coefficient (Wildman–Crippen LogP) is 3.63. The van der Waals surface area contributed by atoms with E-state index in [-0.39, 0.29) is 12.1 Å². The summed E-state index contributed by atoms with van der Waals surface area (Å²) in [6.07, 6.45) is 5.55. The van der Waals surface area contributed by atoms with Crippen molar-refractivity contribution in [3.63, 3.8) is 0 Å². The van der Waals surface area contributed by atoms with E-state index in [2.05, 4.69) is 15.4 Å². The van der Waals surface area contributed by atoms with Crippen molar-refractivity contribution in [2.75, 3.05) is 27.4 Å². The molecule has 1 amide bonds. The summed E-state index contributed by atoms with van der Waals surface area (Å²) in [6.45, 7) is 2.11. The highest BCUT2D eigenvalue weighted by atomic mass is 19.1. The van der Waals surface area contributed by atoms with Crippen LogP contribution in [0, 0.1) is 0 Å². The molecule has 0 aliphatic carbocycles. The van der Waals surface area contributed by atoms with Crippen LogP contribution in [0.25, 0.3) is 27.8 Å². The minimum absolute atomic E-state index is 0.0848. The number of carbonyl (C=O) groups is 1. The Bertz CT molecular complexity index is 1240. The van der Waals surface area contributed by atoms with Gasteiger partial charge in [-0.3, -0.25) is 14.0 Å². The molecular formula is C23H24FN5O3. The second kappa shape index (κ2) is 9.09. The fraction of sp³-hybridized carbons (Fsp3) is 0.261. The summed E-state index contributed by atoms with van der Waals surface area (Å²) in [5, 5.41) is 6.84. The summed E-state index contributed by atoms with van der Waals surface area (Å²) in [6, 6.07) is 9.48. The maximum absolute atomic E-state index is 12.5. The molecule has 2 aromatic carbocycles. The lowest BCUT2D eigenvalue weighted by Crippen LogP contribution is -2.26. The first-order valence-electron chi connectivity index (χ1n) is 10.2. The lowest BCUT2D eigenvalue weighted by Gasteiger charge is -2.16. The minimum atomic E-state index is -0.656. The van der Waals surface area contributed by atoms with Crippen LogP contribution in [0.15, 0.2) is 49.1 Å². The summed E-state index contributed by atoms with van der Waals surface area (Å²) in [7, 11) is 2.94. The molecular weight excluding hydrogens is 413 g/mol. The van der Waals surface area contributed by atoms with Crippen molar-refractivity contribution in [3.8, 4) is 28.3 Å². The Morgan fingerprint density at radius 1 is 1.12 bits per heavy atom. The maximum Gasteiger partial charge on any atom is 0.258 e. The van der Waals surface area contributed by atoms with Gasteiger partial charge in [-0.1, -0.05) is 6.07 Å². The molecule has 0 bridgehead atoms. The molecule has 2 heterocycles. The number of ether oxygens (including phenoxy) is 2. The third-order valence-corrected chi connectivity index (χ3v) is 5.21. The van der Waals surface area contributed by atoms with Crippen LogP contribution < -0.4 is 14.8 Å². The number of nitrogens with one attached hydrogen (secondary N) is 1. The zero-order valence-electron chi connectivity index (χ0n) is 18.1. The molecule has 4 rings (SSSR count). The smallest absolute Gasteiger partial charge is 0.258 e. The molecule has 0 spiro atoms. The molecule has 0 unspecified atom stereocenters. The van der Waals surface area contributed by atoms with Gasteiger partial charge in [0.1, 0.15) is 30.1 Å². The average Bonchev–Trinajstić information content (AvgIpc) is 3.48. The summed E-state index contributed by atoms with van der Waals surface area (Å²) in [4.78, 5) is 17.1. The SMILES string of the molecule is CCn1cc(-c2ccc3c(c2)ncn3-c2cc(OC)c(C(=O)NCCF)c(OC)c2)cn1. The standard InChI is InChI=1S/C23H24FN5O3/c1-4-28-13-16(12-27-28)15-5-6-19-18(9-15)26-14-29(19)17-10-20(31-2)22(21(11-17)32-3)23(30)25-8-7-24/h5-6,9-14H,4,7-8H2,1-3H3,(H,25,30). The monoisotopic (exact) mass is 437 g/mol. The Balaban J connectivity index is 1.75. The van der Waals surface area contributed by atoms with Crippen molar-refractivity contribution in [3.05, 3.63) is 54.6 Å². The molecule has 9 heteroatoms. The quantitative estimate of drug-likeness (QED) is 0.455. The number of alkyl halides is 1. The summed E-state index contributed by atoms with van der Waals surface area (Å²) in [5.74, 6) is 0.179. The van der Waals surface area contributed by atoms with E-state index in [1.807, 2.05) is 46.8 Å². The molecule has 0 fully saturated rings. The number of hydrogen-bond donors (Lipinski definition) is 1. The van der Waals surface area contributed by atoms with Crippen molar-refractivity contribution >= 4 is 16.9 Å². The number of methoxy groups -OCH3 is 2. The second-order valence-corrected chi connectivity index (χ2v) is 7.07. The third kappa shape index (κ3) is 3.89. The first kappa shape index (κ1) is 21.4. The van der Waals surface area contributed by atoms with Crippen molar-refractivity contribution in [1.82, 2.24) is 24.6 Å². The molecule has 166 valence electrons. The fourth-order valence-electron chi connectivity index (χ4n) is 3.59. The fourth-order valence-corrected chi connectivity index (χ4v) is 3.59. The number of rotatable bonds is 8. The number of benzene rings is 2. The lowest BCUT2D eigenvalue weighted by molar-refractivity contribution is 0.0944. The summed E-state index contributed by atoms with van der Waals surface area (Å²) < 4.78 is 27.2. The van der Waals surface area contributed by atoms with Gasteiger partial charge in [-0.05, 0) is 24.6 Å². The molecule has 0 radical (unpaired) electrons. The summed E-state index contributed by atoms with van der Waals surface area (Å²) in [5.41, 5.74) is 4.68. The van der Waals surface area contributed by atoms with E-state index in [1.165, 1.54) is 14.2 Å². The molecule has 0 aliphatic rings. The zero-order valence-corrected chi connectivity index (χ0v) is 18.1. The molecule has 32 heavy (non-hydrogen) atoms. The first-order chi connectivity index (χ1) is 15.6. The van der Waals surface area contributed by atoms with Gasteiger partial charge in [0.05, 0.1) is 37.1 Å². The second-order valence-electron chi connectivity index (χ2n) is 7.07. The number of fused-ring (bicyclic) bond motifs is 1. The normalized spacial score (nSPS) is 11.0. The van der Waals surface area contributed by atoms with E-state index in [0.29, 0.717) is 11.5 Å². The van der Waals surface area contributed by atoms with E-state index >= 15 is 0 Å². The Hall–Kier alpha value is -3.88. The number of aryl methyl sites for hydroxylation is 1. The van der Waals surface area contributed by atoms with Crippen LogP contribution in [0.3, 0.4) is 0 Å². The van der Waals surface area contributed by atoms with E-state index < -0.39 is 12.6 Å². The van der Waals surface area contributed by atoms with Crippen LogP contribution in [-0.2, 0) is 6.54 Å². The minimum Gasteiger partial charge on any atom is -0.496 e. The van der Waals surface area contributed by atoms with Gasteiger partial charge in [-0.25, -0.2) is 9.37 Å². The van der Waals surface area contributed by atoms with Gasteiger partial charge in [-0.2, -0.15) is 5.10 Å². The molecule has 1 N–H and O–H groups in total. The van der Waals surface area contributed by atoms with Gasteiger partial charge in [0.2, 0.25) is 0 Å². The van der Waals surface area contributed by atoms with Crippen molar-refractivity contribution in [2.45, 2.75) is 13.5 Å². The van der Waals surface area contributed by atoms with Gasteiger partial charge in [0.25, 0.3) is 5.91 Å². The van der Waals surface area contributed by atoms with Crippen molar-refractivity contribution < 1.29 is 18.7 Å². The molecule has 0 atom stereocenters. The molecule has 2 aromatic heterocycles. The van der Waals surface area contributed by atoms with Crippen molar-refractivity contribution in [2.24, 2.45) is 0 Å². The molecule has 0 saturated heterocycles. The van der Waals surface area contributed by atoms with E-state index in [4.69, 9.17) is 9.47 Å². The summed E-state index contributed by atoms with van der Waals surface area (Å²) >= 11 is 0. The molecule has 0 saturated carbocycles. The van der Waals surface area contributed by atoms with Crippen LogP contribution in [0.2, 0.25) is 0 Å². The first-order valence-corrected chi connectivity index (χ1v) is 10.2. The number of hydrogen-bond acceptors (Lipinski definition) is 5. The van der Waals surface area contributed by atoms with E-state index in [0.717, 1.165) is 34.4 Å². The molecule has 0 aliphatic heterocycles. The van der Waals surface area contributed by atoms with Crippen molar-refractivity contribution in [1.29, 1.82) is 0 Å². The van der Waals surface area contributed by atoms with Gasteiger partial charge < -0.3 is 14.8 Å². The highest BCUT2D eigenvalue weighted by molar-refractivity contribution is 6.00. The van der Waals surface area contributed by atoms with Crippen LogP contribution in [0.1, 0.15) is 17.3 Å². The highest BCUT2D eigenvalue weighted by Gasteiger charge is 2.21. The topological polar surface area (TPSA) is 83.2 Å². The highest BCUT2D eigenvalue weighted by Crippen LogP contribution is 2.34. The van der Waals surface area contributed by atoms with Gasteiger partial charge in [0, 0.05) is 37.0 Å². The Kier molecular flexibility index (Phi) is 6.07. The largest absolute Gasteiger partial charge is 0.496 e. The van der Waals surface area contributed by atoms with Crippen LogP contribution >= 0.6 is 0 Å². The average molecular weight is 437 g/mol. The number of halogens is 1.